The summed E-state index contributed by atoms with van der Waals surface area (Å²) in [6.07, 6.45) is 4.78. The maximum absolute atomic E-state index is 11.7. The van der Waals surface area contributed by atoms with Crippen LogP contribution in [-0.2, 0) is 16.0 Å². The van der Waals surface area contributed by atoms with Gasteiger partial charge in [-0.05, 0) is 50.5 Å². The molecule has 0 heterocycles. The zero-order valence-electron chi connectivity index (χ0n) is 17.9. The number of nitrogens with one attached hydrogen (secondary N) is 3. The number of rotatable bonds is 11. The number of benzene rings is 1. The number of phenolic OH excluding ortho intramolecular Hbond substituents is 1. The summed E-state index contributed by atoms with van der Waals surface area (Å²) in [4.78, 5) is 23.4. The lowest BCUT2D eigenvalue weighted by molar-refractivity contribution is -0.121. The molecule has 0 saturated heterocycles. The predicted molar refractivity (Wildman–Crippen MR) is 117 cm³/mol. The Morgan fingerprint density at radius 2 is 1.48 bits per heavy atom. The zero-order valence-corrected chi connectivity index (χ0v) is 17.9. The highest BCUT2D eigenvalue weighted by Gasteiger charge is 2.04. The molecule has 0 aromatic heterocycles. The highest BCUT2D eigenvalue weighted by Crippen LogP contribution is 2.09. The molecule has 1 rings (SSSR count). The van der Waals surface area contributed by atoms with E-state index in [1.54, 1.807) is 25.1 Å². The SMILES string of the molecule is C/C(O)=C\C=C(/C)CCNC(=O)CNCC(=O)NCCc1ccc(O)cc1.CC. The molecule has 0 atom stereocenters. The van der Waals surface area contributed by atoms with Gasteiger partial charge in [0.2, 0.25) is 11.8 Å². The second-order valence-corrected chi connectivity index (χ2v) is 6.29. The van der Waals surface area contributed by atoms with Crippen molar-refractivity contribution < 1.29 is 19.8 Å². The summed E-state index contributed by atoms with van der Waals surface area (Å²) >= 11 is 0. The van der Waals surface area contributed by atoms with Crippen molar-refractivity contribution in [1.82, 2.24) is 16.0 Å². The molecule has 0 unspecified atom stereocenters. The standard InChI is InChI=1S/C20H29N3O4.C2H6/c1-15(3-4-16(2)24)9-11-22-19(26)13-21-14-20(27)23-12-10-17-5-7-18(25)8-6-17;1-2/h3-8,21,24-25H,9-14H2,1-2H3,(H,22,26)(H,23,27);1-2H3/b15-3+,16-4+;. The number of hydrogen-bond donors (Lipinski definition) is 5. The molecule has 1 aromatic rings. The minimum Gasteiger partial charge on any atom is -0.513 e. The van der Waals surface area contributed by atoms with Gasteiger partial charge >= 0.3 is 0 Å². The number of amides is 2. The minimum atomic E-state index is -0.175. The van der Waals surface area contributed by atoms with Crippen molar-refractivity contribution in [2.24, 2.45) is 0 Å². The molecule has 162 valence electrons. The fraction of sp³-hybridized carbons (Fsp3) is 0.455. The van der Waals surface area contributed by atoms with Gasteiger partial charge in [-0.15, -0.1) is 0 Å². The predicted octanol–water partition coefficient (Wildman–Crippen LogP) is 2.58. The molecule has 0 bridgehead atoms. The lowest BCUT2D eigenvalue weighted by Gasteiger charge is -2.08. The Hall–Kier alpha value is -2.80. The molecule has 0 aliphatic rings. The van der Waals surface area contributed by atoms with E-state index in [0.29, 0.717) is 25.9 Å². The van der Waals surface area contributed by atoms with Crippen LogP contribution >= 0.6 is 0 Å². The summed E-state index contributed by atoms with van der Waals surface area (Å²) < 4.78 is 0. The normalized spacial score (nSPS) is 11.3. The van der Waals surface area contributed by atoms with E-state index in [4.69, 9.17) is 5.11 Å². The van der Waals surface area contributed by atoms with Gasteiger partial charge in [0.05, 0.1) is 18.8 Å². The van der Waals surface area contributed by atoms with E-state index in [9.17, 15) is 14.7 Å². The van der Waals surface area contributed by atoms with Crippen molar-refractivity contribution in [2.45, 2.75) is 40.5 Å². The van der Waals surface area contributed by atoms with Gasteiger partial charge in [0.15, 0.2) is 0 Å². The van der Waals surface area contributed by atoms with Crippen LogP contribution in [0.25, 0.3) is 0 Å². The molecule has 0 aliphatic heterocycles. The second-order valence-electron chi connectivity index (χ2n) is 6.29. The highest BCUT2D eigenvalue weighted by molar-refractivity contribution is 5.81. The van der Waals surface area contributed by atoms with E-state index < -0.39 is 0 Å². The largest absolute Gasteiger partial charge is 0.513 e. The summed E-state index contributed by atoms with van der Waals surface area (Å²) in [5.74, 6) is 0.109. The fourth-order valence-corrected chi connectivity index (χ4v) is 2.17. The van der Waals surface area contributed by atoms with Crippen molar-refractivity contribution in [1.29, 1.82) is 0 Å². The van der Waals surface area contributed by atoms with Gasteiger partial charge in [-0.25, -0.2) is 0 Å². The van der Waals surface area contributed by atoms with Crippen LogP contribution < -0.4 is 16.0 Å². The van der Waals surface area contributed by atoms with Gasteiger partial charge < -0.3 is 20.8 Å². The van der Waals surface area contributed by atoms with Crippen LogP contribution in [0.4, 0.5) is 0 Å². The summed E-state index contributed by atoms with van der Waals surface area (Å²) in [6.45, 7) is 8.66. The Balaban J connectivity index is 0.00000379. The average molecular weight is 406 g/mol. The molecule has 0 spiro atoms. The summed E-state index contributed by atoms with van der Waals surface area (Å²) in [6, 6.07) is 6.84. The summed E-state index contributed by atoms with van der Waals surface area (Å²) in [7, 11) is 0. The topological polar surface area (TPSA) is 111 Å². The van der Waals surface area contributed by atoms with Gasteiger partial charge in [0.1, 0.15) is 5.75 Å². The Kier molecular flexibility index (Phi) is 14.6. The van der Waals surface area contributed by atoms with E-state index >= 15 is 0 Å². The summed E-state index contributed by atoms with van der Waals surface area (Å²) in [5, 5.41) is 26.6. The van der Waals surface area contributed by atoms with Crippen LogP contribution in [0, 0.1) is 0 Å². The number of hydrogen-bond acceptors (Lipinski definition) is 5. The van der Waals surface area contributed by atoms with E-state index in [-0.39, 0.29) is 36.4 Å². The van der Waals surface area contributed by atoms with Gasteiger partial charge in [-0.3, -0.25) is 14.9 Å². The Morgan fingerprint density at radius 3 is 2.03 bits per heavy atom. The van der Waals surface area contributed by atoms with Crippen molar-refractivity contribution >= 4 is 11.8 Å². The number of carbonyl (C=O) groups is 2. The van der Waals surface area contributed by atoms with Crippen molar-refractivity contribution in [3.63, 3.8) is 0 Å². The molecule has 7 nitrogen and oxygen atoms in total. The lowest BCUT2D eigenvalue weighted by Crippen LogP contribution is -2.40. The Labute approximate surface area is 173 Å². The van der Waals surface area contributed by atoms with E-state index in [1.807, 2.05) is 39.0 Å². The molecular formula is C22H35N3O4. The lowest BCUT2D eigenvalue weighted by atomic mass is 10.1. The van der Waals surface area contributed by atoms with Gasteiger partial charge in [0, 0.05) is 13.1 Å². The maximum Gasteiger partial charge on any atom is 0.233 e. The van der Waals surface area contributed by atoms with E-state index in [1.165, 1.54) is 0 Å². The van der Waals surface area contributed by atoms with Crippen LogP contribution in [0.3, 0.4) is 0 Å². The summed E-state index contributed by atoms with van der Waals surface area (Å²) in [5.41, 5.74) is 2.07. The Bertz CT molecular complexity index is 663. The van der Waals surface area contributed by atoms with Crippen LogP contribution in [0.2, 0.25) is 0 Å². The third-order valence-electron chi connectivity index (χ3n) is 3.69. The first-order valence-electron chi connectivity index (χ1n) is 9.92. The molecule has 0 radical (unpaired) electrons. The third kappa shape index (κ3) is 14.9. The Morgan fingerprint density at radius 1 is 0.931 bits per heavy atom. The maximum atomic E-state index is 11.7. The first-order valence-corrected chi connectivity index (χ1v) is 9.92. The van der Waals surface area contributed by atoms with Gasteiger partial charge in [-0.2, -0.15) is 0 Å². The van der Waals surface area contributed by atoms with Crippen LogP contribution in [0.1, 0.15) is 39.7 Å². The number of allylic oxidation sites excluding steroid dienone is 3. The number of phenols is 1. The number of aliphatic hydroxyl groups excluding tert-OH is 1. The van der Waals surface area contributed by atoms with Crippen LogP contribution in [0.5, 0.6) is 5.75 Å². The number of carbonyl (C=O) groups excluding carboxylic acids is 2. The monoisotopic (exact) mass is 405 g/mol. The average Bonchev–Trinajstić information content (AvgIpc) is 2.69. The van der Waals surface area contributed by atoms with E-state index in [0.717, 1.165) is 11.1 Å². The quantitative estimate of drug-likeness (QED) is 0.287. The first-order chi connectivity index (χ1) is 13.9. The molecule has 7 heteroatoms. The second kappa shape index (κ2) is 16.2. The zero-order chi connectivity index (χ0) is 22.1. The number of aliphatic hydroxyl groups is 1. The minimum absolute atomic E-state index is 0.0719. The van der Waals surface area contributed by atoms with E-state index in [2.05, 4.69) is 16.0 Å². The highest BCUT2D eigenvalue weighted by atomic mass is 16.3. The van der Waals surface area contributed by atoms with Crippen molar-refractivity contribution in [3.8, 4) is 5.75 Å². The molecule has 29 heavy (non-hydrogen) atoms. The first kappa shape index (κ1) is 26.2. The molecule has 2 amide bonds. The molecule has 5 N–H and O–H groups in total. The smallest absolute Gasteiger partial charge is 0.233 e. The molecule has 0 fully saturated rings. The van der Waals surface area contributed by atoms with Crippen LogP contribution in [0.15, 0.2) is 47.7 Å². The van der Waals surface area contributed by atoms with Crippen molar-refractivity contribution in [3.05, 3.63) is 53.3 Å². The van der Waals surface area contributed by atoms with Crippen LogP contribution in [-0.4, -0.2) is 48.2 Å². The van der Waals surface area contributed by atoms with Gasteiger partial charge in [-0.1, -0.05) is 37.6 Å². The number of aromatic hydroxyl groups is 1. The molecule has 0 saturated carbocycles. The third-order valence-corrected chi connectivity index (χ3v) is 3.69. The van der Waals surface area contributed by atoms with Crippen molar-refractivity contribution in [2.75, 3.05) is 26.2 Å². The van der Waals surface area contributed by atoms with Gasteiger partial charge in [0.25, 0.3) is 0 Å². The molecule has 1 aromatic carbocycles. The molecular weight excluding hydrogens is 370 g/mol. The fourth-order valence-electron chi connectivity index (χ4n) is 2.17. The molecule has 0 aliphatic carbocycles.